The molecule has 102 valence electrons. The number of nitrogens with zero attached hydrogens (tertiary/aromatic N) is 2. The van der Waals surface area contributed by atoms with E-state index in [0.29, 0.717) is 6.61 Å². The number of nitrogens with one attached hydrogen (secondary N) is 2. The minimum absolute atomic E-state index is 0.624. The van der Waals surface area contributed by atoms with Crippen molar-refractivity contribution in [3.05, 3.63) is 47.7 Å². The van der Waals surface area contributed by atoms with E-state index in [-0.39, 0.29) is 0 Å². The van der Waals surface area contributed by atoms with Crippen molar-refractivity contribution in [3.8, 4) is 22.6 Å². The average molecular weight is 268 g/mol. The Labute approximate surface area is 117 Å². The number of aromatic amines is 2. The van der Waals surface area contributed by atoms with E-state index in [0.717, 1.165) is 33.9 Å². The second kappa shape index (κ2) is 5.30. The van der Waals surface area contributed by atoms with Crippen LogP contribution in [0.25, 0.3) is 22.6 Å². The van der Waals surface area contributed by atoms with Gasteiger partial charge in [0.25, 0.3) is 0 Å². The summed E-state index contributed by atoms with van der Waals surface area (Å²) in [6, 6.07) is 12.2. The second-order valence-electron chi connectivity index (χ2n) is 4.73. The highest BCUT2D eigenvalue weighted by molar-refractivity contribution is 5.66. The molecule has 0 fully saturated rings. The number of H-pyrrole nitrogens is 2. The van der Waals surface area contributed by atoms with Crippen molar-refractivity contribution in [1.82, 2.24) is 20.4 Å². The molecule has 5 nitrogen and oxygen atoms in total. The Balaban J connectivity index is 1.86. The van der Waals surface area contributed by atoms with Crippen molar-refractivity contribution >= 4 is 0 Å². The van der Waals surface area contributed by atoms with E-state index in [1.165, 1.54) is 0 Å². The molecule has 0 amide bonds. The standard InChI is InChI=1S/C15H16N4O/c1-10-7-14(18-16-10)15-8-13(17-19-15)12-5-3-11(4-6-12)9-20-2/h3-8H,9H2,1-2H3,(H,16,18)(H,17,19). The first-order valence-electron chi connectivity index (χ1n) is 6.42. The Morgan fingerprint density at radius 2 is 1.75 bits per heavy atom. The largest absolute Gasteiger partial charge is 0.380 e. The first-order chi connectivity index (χ1) is 9.76. The van der Waals surface area contributed by atoms with Gasteiger partial charge in [0.05, 0.1) is 18.0 Å². The Morgan fingerprint density at radius 3 is 2.40 bits per heavy atom. The SMILES string of the molecule is COCc1ccc(-c2cc(-c3cc(C)[nH]n3)[nH]n2)cc1. The van der Waals surface area contributed by atoms with Gasteiger partial charge in [-0.25, -0.2) is 0 Å². The van der Waals surface area contributed by atoms with E-state index < -0.39 is 0 Å². The summed E-state index contributed by atoms with van der Waals surface area (Å²) in [5.41, 5.74) is 5.93. The van der Waals surface area contributed by atoms with Gasteiger partial charge in [0.15, 0.2) is 0 Å². The highest BCUT2D eigenvalue weighted by atomic mass is 16.5. The van der Waals surface area contributed by atoms with Crippen LogP contribution in [-0.2, 0) is 11.3 Å². The Kier molecular flexibility index (Phi) is 3.35. The number of aryl methyl sites for hydroxylation is 1. The third kappa shape index (κ3) is 2.48. The molecule has 0 bridgehead atoms. The van der Waals surface area contributed by atoms with Crippen LogP contribution in [0.4, 0.5) is 0 Å². The molecular weight excluding hydrogens is 252 g/mol. The molecule has 1 aromatic carbocycles. The lowest BCUT2D eigenvalue weighted by atomic mass is 10.1. The maximum atomic E-state index is 5.10. The van der Waals surface area contributed by atoms with E-state index in [9.17, 15) is 0 Å². The van der Waals surface area contributed by atoms with Crippen LogP contribution in [0, 0.1) is 6.92 Å². The smallest absolute Gasteiger partial charge is 0.110 e. The Bertz CT molecular complexity index is 697. The van der Waals surface area contributed by atoms with Gasteiger partial charge in [0.1, 0.15) is 5.69 Å². The quantitative estimate of drug-likeness (QED) is 0.764. The van der Waals surface area contributed by atoms with Crippen LogP contribution in [0.1, 0.15) is 11.3 Å². The third-order valence-electron chi connectivity index (χ3n) is 3.12. The topological polar surface area (TPSA) is 66.6 Å². The van der Waals surface area contributed by atoms with Crippen LogP contribution in [0.2, 0.25) is 0 Å². The minimum Gasteiger partial charge on any atom is -0.380 e. The van der Waals surface area contributed by atoms with Crippen LogP contribution >= 0.6 is 0 Å². The van der Waals surface area contributed by atoms with Gasteiger partial charge in [-0.3, -0.25) is 10.2 Å². The summed E-state index contributed by atoms with van der Waals surface area (Å²) in [7, 11) is 1.69. The average Bonchev–Trinajstić information content (AvgIpc) is 3.09. The van der Waals surface area contributed by atoms with E-state index >= 15 is 0 Å². The fourth-order valence-electron chi connectivity index (χ4n) is 2.10. The van der Waals surface area contributed by atoms with Crippen LogP contribution in [0.5, 0.6) is 0 Å². The van der Waals surface area contributed by atoms with Gasteiger partial charge in [-0.2, -0.15) is 10.2 Å². The fourth-order valence-corrected chi connectivity index (χ4v) is 2.10. The van der Waals surface area contributed by atoms with E-state index in [1.54, 1.807) is 7.11 Å². The molecule has 0 saturated carbocycles. The number of rotatable bonds is 4. The van der Waals surface area contributed by atoms with E-state index in [4.69, 9.17) is 4.74 Å². The van der Waals surface area contributed by atoms with E-state index in [2.05, 4.69) is 20.4 Å². The normalized spacial score (nSPS) is 10.9. The molecule has 0 spiro atoms. The minimum atomic E-state index is 0.624. The molecule has 0 atom stereocenters. The molecule has 0 unspecified atom stereocenters. The van der Waals surface area contributed by atoms with Crippen LogP contribution < -0.4 is 0 Å². The number of ether oxygens (including phenoxy) is 1. The number of hydrogen-bond donors (Lipinski definition) is 2. The molecule has 0 saturated heterocycles. The molecule has 2 N–H and O–H groups in total. The van der Waals surface area contributed by atoms with Gasteiger partial charge < -0.3 is 4.74 Å². The van der Waals surface area contributed by atoms with Gasteiger partial charge >= 0.3 is 0 Å². The van der Waals surface area contributed by atoms with Crippen molar-refractivity contribution in [1.29, 1.82) is 0 Å². The third-order valence-corrected chi connectivity index (χ3v) is 3.12. The number of methoxy groups -OCH3 is 1. The first-order valence-corrected chi connectivity index (χ1v) is 6.42. The van der Waals surface area contributed by atoms with Gasteiger partial charge in [-0.15, -0.1) is 0 Å². The lowest BCUT2D eigenvalue weighted by Crippen LogP contribution is -1.86. The molecule has 2 heterocycles. The van der Waals surface area contributed by atoms with Crippen molar-refractivity contribution in [2.75, 3.05) is 7.11 Å². The molecule has 0 radical (unpaired) electrons. The zero-order valence-corrected chi connectivity index (χ0v) is 11.5. The summed E-state index contributed by atoms with van der Waals surface area (Å²) < 4.78 is 5.10. The number of benzene rings is 1. The fraction of sp³-hybridized carbons (Fsp3) is 0.200. The molecule has 0 aliphatic rings. The predicted octanol–water partition coefficient (Wildman–Crippen LogP) is 2.92. The molecule has 3 rings (SSSR count). The summed E-state index contributed by atoms with van der Waals surface area (Å²) in [5, 5.41) is 14.5. The van der Waals surface area contributed by atoms with Crippen molar-refractivity contribution < 1.29 is 4.74 Å². The van der Waals surface area contributed by atoms with Crippen molar-refractivity contribution in [3.63, 3.8) is 0 Å². The number of hydrogen-bond acceptors (Lipinski definition) is 3. The van der Waals surface area contributed by atoms with Crippen molar-refractivity contribution in [2.24, 2.45) is 0 Å². The molecule has 0 aliphatic carbocycles. The Morgan fingerprint density at radius 1 is 1.00 bits per heavy atom. The zero-order chi connectivity index (χ0) is 13.9. The maximum Gasteiger partial charge on any atom is 0.110 e. The van der Waals surface area contributed by atoms with Gasteiger partial charge in [-0.1, -0.05) is 24.3 Å². The lowest BCUT2D eigenvalue weighted by Gasteiger charge is -2.00. The lowest BCUT2D eigenvalue weighted by molar-refractivity contribution is 0.185. The summed E-state index contributed by atoms with van der Waals surface area (Å²) in [6.45, 7) is 2.60. The summed E-state index contributed by atoms with van der Waals surface area (Å²) in [4.78, 5) is 0. The summed E-state index contributed by atoms with van der Waals surface area (Å²) in [5.74, 6) is 0. The molecule has 5 heteroatoms. The van der Waals surface area contributed by atoms with Gasteiger partial charge in [-0.05, 0) is 24.6 Å². The first kappa shape index (κ1) is 12.6. The molecule has 20 heavy (non-hydrogen) atoms. The van der Waals surface area contributed by atoms with Crippen molar-refractivity contribution in [2.45, 2.75) is 13.5 Å². The Hall–Kier alpha value is -2.40. The highest BCUT2D eigenvalue weighted by Gasteiger charge is 2.08. The van der Waals surface area contributed by atoms with Crippen LogP contribution in [0.3, 0.4) is 0 Å². The maximum absolute atomic E-state index is 5.10. The summed E-state index contributed by atoms with van der Waals surface area (Å²) in [6.07, 6.45) is 0. The molecule has 3 aromatic rings. The highest BCUT2D eigenvalue weighted by Crippen LogP contribution is 2.23. The monoisotopic (exact) mass is 268 g/mol. The second-order valence-corrected chi connectivity index (χ2v) is 4.73. The molecule has 2 aromatic heterocycles. The number of aromatic nitrogens is 4. The van der Waals surface area contributed by atoms with Crippen LogP contribution in [0.15, 0.2) is 36.4 Å². The van der Waals surface area contributed by atoms with Gasteiger partial charge in [0.2, 0.25) is 0 Å². The van der Waals surface area contributed by atoms with Crippen LogP contribution in [-0.4, -0.2) is 27.5 Å². The molecular formula is C15H16N4O. The summed E-state index contributed by atoms with van der Waals surface area (Å²) >= 11 is 0. The zero-order valence-electron chi connectivity index (χ0n) is 11.5. The van der Waals surface area contributed by atoms with Gasteiger partial charge in [0, 0.05) is 18.4 Å². The molecule has 0 aliphatic heterocycles. The predicted molar refractivity (Wildman–Crippen MR) is 77.1 cm³/mol. The van der Waals surface area contributed by atoms with E-state index in [1.807, 2.05) is 43.3 Å².